The van der Waals surface area contributed by atoms with E-state index < -0.39 is 0 Å². The Bertz CT molecular complexity index is 412. The average molecular weight is 305 g/mol. The van der Waals surface area contributed by atoms with Crippen molar-refractivity contribution in [1.82, 2.24) is 9.78 Å². The lowest BCUT2D eigenvalue weighted by atomic mass is 10.3. The fraction of sp³-hybridized carbons (Fsp3) is 0. The van der Waals surface area contributed by atoms with E-state index >= 15 is 0 Å². The van der Waals surface area contributed by atoms with E-state index in [1.807, 2.05) is 30.5 Å². The SMILES string of the molecule is Clc1c(I)cccc1-n1cccn1. The highest BCUT2D eigenvalue weighted by atomic mass is 127. The lowest BCUT2D eigenvalue weighted by molar-refractivity contribution is 0.880. The summed E-state index contributed by atoms with van der Waals surface area (Å²) in [7, 11) is 0. The summed E-state index contributed by atoms with van der Waals surface area (Å²) < 4.78 is 2.79. The van der Waals surface area contributed by atoms with Crippen molar-refractivity contribution in [1.29, 1.82) is 0 Å². The van der Waals surface area contributed by atoms with Crippen molar-refractivity contribution in [2.24, 2.45) is 0 Å². The second-order valence-corrected chi connectivity index (χ2v) is 4.06. The van der Waals surface area contributed by atoms with E-state index in [0.29, 0.717) is 0 Å². The van der Waals surface area contributed by atoms with Crippen LogP contribution < -0.4 is 0 Å². The van der Waals surface area contributed by atoms with E-state index in [9.17, 15) is 0 Å². The van der Waals surface area contributed by atoms with Gasteiger partial charge in [-0.3, -0.25) is 0 Å². The first-order valence-electron chi connectivity index (χ1n) is 3.73. The molecule has 0 saturated carbocycles. The van der Waals surface area contributed by atoms with Gasteiger partial charge in [-0.2, -0.15) is 5.10 Å². The number of hydrogen-bond acceptors (Lipinski definition) is 1. The van der Waals surface area contributed by atoms with Crippen LogP contribution in [-0.4, -0.2) is 9.78 Å². The van der Waals surface area contributed by atoms with Gasteiger partial charge in [0.15, 0.2) is 0 Å². The summed E-state index contributed by atoms with van der Waals surface area (Å²) in [6, 6.07) is 7.74. The molecule has 4 heteroatoms. The van der Waals surface area contributed by atoms with E-state index in [1.54, 1.807) is 10.9 Å². The molecule has 1 heterocycles. The van der Waals surface area contributed by atoms with Gasteiger partial charge in [0, 0.05) is 16.0 Å². The van der Waals surface area contributed by atoms with E-state index in [0.717, 1.165) is 14.3 Å². The third-order valence-electron chi connectivity index (χ3n) is 1.68. The van der Waals surface area contributed by atoms with Crippen LogP contribution in [-0.2, 0) is 0 Å². The van der Waals surface area contributed by atoms with Gasteiger partial charge in [0.1, 0.15) is 0 Å². The molecule has 0 amide bonds. The summed E-state index contributed by atoms with van der Waals surface area (Å²) in [5.74, 6) is 0. The highest BCUT2D eigenvalue weighted by Gasteiger charge is 2.04. The topological polar surface area (TPSA) is 17.8 Å². The standard InChI is InChI=1S/C9H6ClIN2/c10-9-7(11)3-1-4-8(9)13-6-2-5-12-13/h1-6H. The van der Waals surface area contributed by atoms with Gasteiger partial charge in [-0.25, -0.2) is 4.68 Å². The Morgan fingerprint density at radius 2 is 2.15 bits per heavy atom. The smallest absolute Gasteiger partial charge is 0.0842 e. The molecule has 2 aromatic rings. The predicted molar refractivity (Wildman–Crippen MR) is 61.3 cm³/mol. The Morgan fingerprint density at radius 1 is 1.31 bits per heavy atom. The zero-order valence-electron chi connectivity index (χ0n) is 6.61. The van der Waals surface area contributed by atoms with Gasteiger partial charge in [0.25, 0.3) is 0 Å². The quantitative estimate of drug-likeness (QED) is 0.740. The summed E-state index contributed by atoms with van der Waals surface area (Å²) in [4.78, 5) is 0. The second kappa shape index (κ2) is 3.67. The molecule has 0 unspecified atom stereocenters. The lowest BCUT2D eigenvalue weighted by Gasteiger charge is -2.04. The molecule has 0 N–H and O–H groups in total. The van der Waals surface area contributed by atoms with Crippen molar-refractivity contribution >= 4 is 34.2 Å². The van der Waals surface area contributed by atoms with Gasteiger partial charge in [0.2, 0.25) is 0 Å². The van der Waals surface area contributed by atoms with Crippen molar-refractivity contribution in [3.8, 4) is 5.69 Å². The second-order valence-electron chi connectivity index (χ2n) is 2.52. The summed E-state index contributed by atoms with van der Waals surface area (Å²) in [5, 5.41) is 4.86. The highest BCUT2D eigenvalue weighted by molar-refractivity contribution is 14.1. The molecule has 0 saturated heterocycles. The summed E-state index contributed by atoms with van der Waals surface area (Å²) in [6.07, 6.45) is 3.60. The minimum atomic E-state index is 0.742. The number of aromatic nitrogens is 2. The van der Waals surface area contributed by atoms with Crippen LogP contribution in [0.4, 0.5) is 0 Å². The molecular weight excluding hydrogens is 298 g/mol. The van der Waals surface area contributed by atoms with Gasteiger partial charge in [-0.15, -0.1) is 0 Å². The molecule has 0 fully saturated rings. The van der Waals surface area contributed by atoms with Crippen molar-refractivity contribution in [3.05, 3.63) is 45.3 Å². The Hall–Kier alpha value is -0.550. The van der Waals surface area contributed by atoms with Crippen LogP contribution in [0.25, 0.3) is 5.69 Å². The van der Waals surface area contributed by atoms with E-state index in [4.69, 9.17) is 11.6 Å². The Kier molecular flexibility index (Phi) is 2.55. The van der Waals surface area contributed by atoms with Gasteiger partial charge >= 0.3 is 0 Å². The Labute approximate surface area is 94.7 Å². The third-order valence-corrected chi connectivity index (χ3v) is 3.30. The molecule has 2 nitrogen and oxygen atoms in total. The van der Waals surface area contributed by atoms with E-state index in [-0.39, 0.29) is 0 Å². The first-order valence-corrected chi connectivity index (χ1v) is 5.19. The summed E-state index contributed by atoms with van der Waals surface area (Å²) >= 11 is 8.32. The molecule has 1 aromatic heterocycles. The maximum atomic E-state index is 6.12. The molecule has 0 aliphatic heterocycles. The summed E-state index contributed by atoms with van der Waals surface area (Å²) in [5.41, 5.74) is 0.915. The molecule has 0 aliphatic carbocycles. The predicted octanol–water partition coefficient (Wildman–Crippen LogP) is 3.13. The van der Waals surface area contributed by atoms with Crippen molar-refractivity contribution in [2.75, 3.05) is 0 Å². The van der Waals surface area contributed by atoms with Gasteiger partial charge < -0.3 is 0 Å². The van der Waals surface area contributed by atoms with Crippen LogP contribution in [0.1, 0.15) is 0 Å². The molecule has 0 radical (unpaired) electrons. The normalized spacial score (nSPS) is 10.3. The maximum absolute atomic E-state index is 6.12. The van der Waals surface area contributed by atoms with Gasteiger partial charge in [-0.05, 0) is 40.8 Å². The van der Waals surface area contributed by atoms with Crippen molar-refractivity contribution in [3.63, 3.8) is 0 Å². The first-order chi connectivity index (χ1) is 6.29. The number of nitrogens with zero attached hydrogens (tertiary/aromatic N) is 2. The lowest BCUT2D eigenvalue weighted by Crippen LogP contribution is -1.95. The van der Waals surface area contributed by atoms with E-state index in [2.05, 4.69) is 27.7 Å². The van der Waals surface area contributed by atoms with Crippen molar-refractivity contribution in [2.45, 2.75) is 0 Å². The van der Waals surface area contributed by atoms with Gasteiger partial charge in [0.05, 0.1) is 10.7 Å². The van der Waals surface area contributed by atoms with Crippen LogP contribution in [0.15, 0.2) is 36.7 Å². The summed E-state index contributed by atoms with van der Waals surface area (Å²) in [6.45, 7) is 0. The Balaban J connectivity index is 2.59. The molecule has 0 bridgehead atoms. The van der Waals surface area contributed by atoms with Crippen LogP contribution in [0.3, 0.4) is 0 Å². The highest BCUT2D eigenvalue weighted by Crippen LogP contribution is 2.24. The Morgan fingerprint density at radius 3 is 2.85 bits per heavy atom. The molecule has 0 aliphatic rings. The largest absolute Gasteiger partial charge is 0.239 e. The first kappa shape index (κ1) is 9.02. The maximum Gasteiger partial charge on any atom is 0.0842 e. The molecule has 0 atom stereocenters. The molecular formula is C9H6ClIN2. The zero-order chi connectivity index (χ0) is 9.26. The fourth-order valence-electron chi connectivity index (χ4n) is 1.08. The van der Waals surface area contributed by atoms with Crippen LogP contribution >= 0.6 is 34.2 Å². The van der Waals surface area contributed by atoms with Crippen LogP contribution in [0.2, 0.25) is 5.02 Å². The molecule has 13 heavy (non-hydrogen) atoms. The minimum Gasteiger partial charge on any atom is -0.239 e. The zero-order valence-corrected chi connectivity index (χ0v) is 9.53. The minimum absolute atomic E-state index is 0.742. The molecule has 0 spiro atoms. The monoisotopic (exact) mass is 304 g/mol. The molecule has 66 valence electrons. The average Bonchev–Trinajstić information content (AvgIpc) is 2.62. The van der Waals surface area contributed by atoms with Gasteiger partial charge in [-0.1, -0.05) is 17.7 Å². The number of rotatable bonds is 1. The number of halogens is 2. The molecule has 1 aromatic carbocycles. The van der Waals surface area contributed by atoms with Crippen molar-refractivity contribution < 1.29 is 0 Å². The van der Waals surface area contributed by atoms with Crippen LogP contribution in [0, 0.1) is 3.57 Å². The van der Waals surface area contributed by atoms with Crippen LogP contribution in [0.5, 0.6) is 0 Å². The number of hydrogen-bond donors (Lipinski definition) is 0. The number of benzene rings is 1. The fourth-order valence-corrected chi connectivity index (χ4v) is 1.78. The third kappa shape index (κ3) is 1.71. The molecule has 2 rings (SSSR count). The van der Waals surface area contributed by atoms with E-state index in [1.165, 1.54) is 0 Å².